The third-order valence-electron chi connectivity index (χ3n) is 2.03. The minimum Gasteiger partial charge on any atom is -0.396 e. The summed E-state index contributed by atoms with van der Waals surface area (Å²) in [7, 11) is -3.07. The predicted octanol–water partition coefficient (Wildman–Crippen LogP) is 2.17. The van der Waals surface area contributed by atoms with E-state index in [2.05, 4.69) is 49.2 Å². The van der Waals surface area contributed by atoms with E-state index in [1.807, 2.05) is 12.3 Å². The number of hydrogen-bond acceptors (Lipinski definition) is 3. The first-order chi connectivity index (χ1) is 7.09. The van der Waals surface area contributed by atoms with E-state index in [9.17, 15) is 4.79 Å². The van der Waals surface area contributed by atoms with Crippen LogP contribution in [0.3, 0.4) is 0 Å². The molecule has 1 aromatic heterocycles. The molecule has 0 bridgehead atoms. The van der Waals surface area contributed by atoms with E-state index in [4.69, 9.17) is 0 Å². The van der Waals surface area contributed by atoms with Crippen molar-refractivity contribution in [1.82, 2.24) is 9.22 Å². The average molecular weight is 255 g/mol. The molecule has 0 fully saturated rings. The van der Waals surface area contributed by atoms with Gasteiger partial charge in [0.15, 0.2) is 8.24 Å². The minimum absolute atomic E-state index is 0.137. The Bertz CT molecular complexity index is 429. The summed E-state index contributed by atoms with van der Waals surface area (Å²) >= 11 is 0. The fraction of sp³-hybridized carbons (Fsp3) is 0.600. The summed E-state index contributed by atoms with van der Waals surface area (Å²) in [6, 6.07) is 1.90. The first kappa shape index (κ1) is 13.2. The van der Waals surface area contributed by atoms with Gasteiger partial charge in [-0.2, -0.15) is 4.98 Å². The maximum absolute atomic E-state index is 11.8. The van der Waals surface area contributed by atoms with Gasteiger partial charge in [0, 0.05) is 6.20 Å². The van der Waals surface area contributed by atoms with Crippen molar-refractivity contribution < 1.29 is 0 Å². The third kappa shape index (κ3) is 3.60. The molecular weight excluding hydrogens is 234 g/mol. The largest absolute Gasteiger partial charge is 0.396 e. The second kappa shape index (κ2) is 4.17. The monoisotopic (exact) mass is 255 g/mol. The molecule has 0 spiro atoms. The Morgan fingerprint density at radius 1 is 1.19 bits per heavy atom. The zero-order valence-corrected chi connectivity index (χ0v) is 13.0. The van der Waals surface area contributed by atoms with Crippen molar-refractivity contribution in [3.05, 3.63) is 22.7 Å². The Morgan fingerprint density at radius 3 is 2.12 bits per heavy atom. The Kier molecular flexibility index (Phi) is 3.44. The molecule has 4 nitrogen and oxygen atoms in total. The lowest BCUT2D eigenvalue weighted by molar-refractivity contribution is 0.964. The lowest BCUT2D eigenvalue weighted by Crippen LogP contribution is -2.43. The Balaban J connectivity index is 3.06. The van der Waals surface area contributed by atoms with Gasteiger partial charge in [0.05, 0.1) is 0 Å². The van der Waals surface area contributed by atoms with Crippen LogP contribution in [0.5, 0.6) is 0 Å². The summed E-state index contributed by atoms with van der Waals surface area (Å²) in [5.74, 6) is 0.707. The molecule has 6 heteroatoms. The Labute approximate surface area is 98.9 Å². The van der Waals surface area contributed by atoms with Crippen LogP contribution >= 0.6 is 0 Å². The lowest BCUT2D eigenvalue weighted by Gasteiger charge is -2.21. The SMILES string of the molecule is C[Si](C)(C)Nc1ccn([Si](C)(C)C)c(=O)n1. The molecule has 1 heterocycles. The third-order valence-corrected chi connectivity index (χ3v) is 4.82. The van der Waals surface area contributed by atoms with E-state index in [1.165, 1.54) is 0 Å². The Hall–Kier alpha value is -0.886. The molecule has 1 N–H and O–H groups in total. The summed E-state index contributed by atoms with van der Waals surface area (Å²) < 4.78 is 1.78. The van der Waals surface area contributed by atoms with Crippen molar-refractivity contribution in [2.75, 3.05) is 4.98 Å². The van der Waals surface area contributed by atoms with Crippen LogP contribution in [0.4, 0.5) is 5.82 Å². The van der Waals surface area contributed by atoms with Gasteiger partial charge in [0.25, 0.3) is 0 Å². The smallest absolute Gasteiger partial charge is 0.341 e. The van der Waals surface area contributed by atoms with E-state index in [-0.39, 0.29) is 5.69 Å². The van der Waals surface area contributed by atoms with Gasteiger partial charge in [-0.05, 0) is 6.07 Å². The maximum Gasteiger partial charge on any atom is 0.341 e. The molecule has 0 atom stereocenters. The van der Waals surface area contributed by atoms with E-state index in [0.29, 0.717) is 5.82 Å². The normalized spacial score (nSPS) is 12.6. The van der Waals surface area contributed by atoms with Gasteiger partial charge in [0.2, 0.25) is 0 Å². The standard InChI is InChI=1S/C10H21N3OSi2/c1-15(2,3)12-9-7-8-13(10(14)11-9)16(4,5)6/h7-8H,1-6H3,(H,11,12,14). The number of nitrogens with one attached hydrogen (secondary N) is 1. The van der Waals surface area contributed by atoms with Crippen molar-refractivity contribution in [3.63, 3.8) is 0 Å². The molecule has 0 aromatic carbocycles. The first-order valence-electron chi connectivity index (χ1n) is 5.48. The molecule has 0 aliphatic carbocycles. The number of hydrogen-bond donors (Lipinski definition) is 1. The van der Waals surface area contributed by atoms with Gasteiger partial charge >= 0.3 is 5.69 Å². The van der Waals surface area contributed by atoms with Gasteiger partial charge in [0.1, 0.15) is 14.1 Å². The highest BCUT2D eigenvalue weighted by Crippen LogP contribution is 2.08. The van der Waals surface area contributed by atoms with Crippen LogP contribution in [0, 0.1) is 0 Å². The highest BCUT2D eigenvalue weighted by Gasteiger charge is 2.19. The summed E-state index contributed by atoms with van der Waals surface area (Å²) in [6.07, 6.45) is 1.87. The minimum atomic E-state index is -1.63. The molecule has 90 valence electrons. The lowest BCUT2D eigenvalue weighted by atomic mass is 10.6. The van der Waals surface area contributed by atoms with Crippen LogP contribution in [0.1, 0.15) is 0 Å². The highest BCUT2D eigenvalue weighted by atomic mass is 28.3. The van der Waals surface area contributed by atoms with Gasteiger partial charge in [-0.15, -0.1) is 0 Å². The topological polar surface area (TPSA) is 46.9 Å². The average Bonchev–Trinajstić information content (AvgIpc) is 1.97. The van der Waals surface area contributed by atoms with Gasteiger partial charge < -0.3 is 9.22 Å². The second-order valence-electron chi connectivity index (χ2n) is 6.01. The summed E-state index contributed by atoms with van der Waals surface area (Å²) in [5, 5.41) is 0. The zero-order valence-electron chi connectivity index (χ0n) is 11.0. The van der Waals surface area contributed by atoms with Crippen LogP contribution in [0.25, 0.3) is 0 Å². The van der Waals surface area contributed by atoms with Crippen molar-refractivity contribution in [3.8, 4) is 0 Å². The van der Waals surface area contributed by atoms with Crippen molar-refractivity contribution in [2.24, 2.45) is 0 Å². The highest BCUT2D eigenvalue weighted by molar-refractivity contribution is 6.79. The van der Waals surface area contributed by atoms with E-state index >= 15 is 0 Å². The Morgan fingerprint density at radius 2 is 1.75 bits per heavy atom. The maximum atomic E-state index is 11.8. The molecule has 0 aliphatic rings. The second-order valence-corrected chi connectivity index (χ2v) is 15.6. The molecule has 0 unspecified atom stereocenters. The van der Waals surface area contributed by atoms with Crippen LogP contribution in [-0.2, 0) is 0 Å². The summed E-state index contributed by atoms with van der Waals surface area (Å²) in [4.78, 5) is 19.3. The van der Waals surface area contributed by atoms with Crippen molar-refractivity contribution in [2.45, 2.75) is 39.3 Å². The molecule has 16 heavy (non-hydrogen) atoms. The quantitative estimate of drug-likeness (QED) is 0.842. The molecule has 0 radical (unpaired) electrons. The van der Waals surface area contributed by atoms with Gasteiger partial charge in [-0.3, -0.25) is 0 Å². The molecule has 1 aromatic rings. The van der Waals surface area contributed by atoms with Crippen LogP contribution in [0.2, 0.25) is 39.3 Å². The number of anilines is 1. The van der Waals surface area contributed by atoms with Crippen molar-refractivity contribution >= 4 is 22.3 Å². The molecule has 0 amide bonds. The molecule has 0 saturated carbocycles. The molecule has 0 saturated heterocycles. The summed E-state index contributed by atoms with van der Waals surface area (Å²) in [5.41, 5.74) is -0.137. The van der Waals surface area contributed by atoms with Crippen LogP contribution < -0.4 is 10.7 Å². The fourth-order valence-corrected chi connectivity index (χ4v) is 3.42. The number of nitrogens with zero attached hydrogens (tertiary/aromatic N) is 2. The molecule has 0 aliphatic heterocycles. The first-order valence-corrected chi connectivity index (χ1v) is 12.4. The van der Waals surface area contributed by atoms with Crippen LogP contribution in [0.15, 0.2) is 17.1 Å². The van der Waals surface area contributed by atoms with Crippen molar-refractivity contribution in [1.29, 1.82) is 0 Å². The summed E-state index contributed by atoms with van der Waals surface area (Å²) in [6.45, 7) is 12.9. The molecule has 1 rings (SSSR count). The predicted molar refractivity (Wildman–Crippen MR) is 74.2 cm³/mol. The van der Waals surface area contributed by atoms with Gasteiger partial charge in [-0.25, -0.2) is 4.79 Å². The zero-order chi connectivity index (χ0) is 12.6. The van der Waals surface area contributed by atoms with E-state index in [0.717, 1.165) is 0 Å². The number of aromatic nitrogens is 2. The van der Waals surface area contributed by atoms with E-state index in [1.54, 1.807) is 4.23 Å². The molecular formula is C10H21N3OSi2. The van der Waals surface area contributed by atoms with Gasteiger partial charge in [-0.1, -0.05) is 39.3 Å². The van der Waals surface area contributed by atoms with E-state index < -0.39 is 16.5 Å². The van der Waals surface area contributed by atoms with Crippen LogP contribution in [-0.4, -0.2) is 25.7 Å². The number of rotatable bonds is 3. The fourth-order valence-electron chi connectivity index (χ4n) is 1.37.